The molecule has 146 valence electrons. The number of fused-ring (bicyclic) bond motifs is 3. The molecule has 7 heteroatoms. The van der Waals surface area contributed by atoms with Crippen molar-refractivity contribution in [2.45, 2.75) is 27.2 Å². The number of carbonyl (C=O) groups is 2. The lowest BCUT2D eigenvalue weighted by Crippen LogP contribution is -2.25. The van der Waals surface area contributed by atoms with Crippen LogP contribution in [0, 0.1) is 5.92 Å². The standard InChI is InChI=1S/C21H23N3O4/c1-12(2)21(26)24-23-13(3)9-20(25)22-16-11-18-15(10-19(16)27-4)14-7-5-6-8-17(14)28-18/h5-8,10-12H,9H2,1-4H3,(H,22,25)(H,24,26)/b23-13-. The number of carbonyl (C=O) groups excluding carboxylic acids is 2. The molecule has 2 N–H and O–H groups in total. The molecular weight excluding hydrogens is 358 g/mol. The molecule has 0 spiro atoms. The Kier molecular flexibility index (Phi) is 5.63. The maximum atomic E-state index is 12.4. The molecule has 0 aliphatic rings. The number of amides is 2. The lowest BCUT2D eigenvalue weighted by molar-refractivity contribution is -0.124. The van der Waals surface area contributed by atoms with Gasteiger partial charge in [-0.1, -0.05) is 32.0 Å². The van der Waals surface area contributed by atoms with Gasteiger partial charge in [0.25, 0.3) is 0 Å². The van der Waals surface area contributed by atoms with Crippen molar-refractivity contribution < 1.29 is 18.7 Å². The molecule has 0 unspecified atom stereocenters. The van der Waals surface area contributed by atoms with Crippen LogP contribution >= 0.6 is 0 Å². The number of ether oxygens (including phenoxy) is 1. The first-order valence-corrected chi connectivity index (χ1v) is 9.01. The Hall–Kier alpha value is -3.35. The van der Waals surface area contributed by atoms with Gasteiger partial charge in [-0.15, -0.1) is 0 Å². The van der Waals surface area contributed by atoms with Crippen LogP contribution in [0.3, 0.4) is 0 Å². The highest BCUT2D eigenvalue weighted by Crippen LogP contribution is 2.36. The van der Waals surface area contributed by atoms with Crippen LogP contribution in [0.5, 0.6) is 5.75 Å². The third kappa shape index (κ3) is 4.14. The second kappa shape index (κ2) is 8.12. The fourth-order valence-electron chi connectivity index (χ4n) is 2.76. The van der Waals surface area contributed by atoms with Gasteiger partial charge in [-0.05, 0) is 19.1 Å². The van der Waals surface area contributed by atoms with E-state index in [4.69, 9.17) is 9.15 Å². The Bertz CT molecular complexity index is 1070. The molecular formula is C21H23N3O4. The summed E-state index contributed by atoms with van der Waals surface area (Å²) in [5.74, 6) is -0.106. The van der Waals surface area contributed by atoms with E-state index in [1.54, 1.807) is 33.9 Å². The van der Waals surface area contributed by atoms with Crippen molar-refractivity contribution in [2.75, 3.05) is 12.4 Å². The predicted molar refractivity (Wildman–Crippen MR) is 110 cm³/mol. The summed E-state index contributed by atoms with van der Waals surface area (Å²) in [6.45, 7) is 5.22. The highest BCUT2D eigenvalue weighted by molar-refractivity contribution is 6.10. The van der Waals surface area contributed by atoms with Gasteiger partial charge in [0.2, 0.25) is 11.8 Å². The number of hydrogen-bond donors (Lipinski definition) is 2. The molecule has 0 aliphatic carbocycles. The van der Waals surface area contributed by atoms with Crippen LogP contribution < -0.4 is 15.5 Å². The lowest BCUT2D eigenvalue weighted by atomic mass is 10.1. The van der Waals surface area contributed by atoms with E-state index in [2.05, 4.69) is 15.8 Å². The van der Waals surface area contributed by atoms with Gasteiger partial charge in [0.15, 0.2) is 0 Å². The maximum Gasteiger partial charge on any atom is 0.242 e. The molecule has 0 saturated carbocycles. The average Bonchev–Trinajstić information content (AvgIpc) is 3.02. The number of hydrogen-bond acceptors (Lipinski definition) is 5. The van der Waals surface area contributed by atoms with E-state index in [1.807, 2.05) is 30.3 Å². The number of hydrazone groups is 1. The molecule has 2 amide bonds. The highest BCUT2D eigenvalue weighted by atomic mass is 16.5. The monoisotopic (exact) mass is 381 g/mol. The fraction of sp³-hybridized carbons (Fsp3) is 0.286. The van der Waals surface area contributed by atoms with Crippen LogP contribution in [-0.4, -0.2) is 24.6 Å². The van der Waals surface area contributed by atoms with Gasteiger partial charge in [0, 0.05) is 28.5 Å². The maximum absolute atomic E-state index is 12.4. The number of nitrogens with one attached hydrogen (secondary N) is 2. The molecule has 0 bridgehead atoms. The van der Waals surface area contributed by atoms with Crippen molar-refractivity contribution in [1.82, 2.24) is 5.43 Å². The summed E-state index contributed by atoms with van der Waals surface area (Å²) in [5.41, 5.74) is 4.88. The van der Waals surface area contributed by atoms with E-state index in [-0.39, 0.29) is 24.2 Å². The average molecular weight is 381 g/mol. The van der Waals surface area contributed by atoms with Gasteiger partial charge in [-0.2, -0.15) is 5.10 Å². The number of methoxy groups -OCH3 is 1. The summed E-state index contributed by atoms with van der Waals surface area (Å²) in [6.07, 6.45) is 0.0414. The largest absolute Gasteiger partial charge is 0.495 e. The minimum atomic E-state index is -0.270. The van der Waals surface area contributed by atoms with Crippen LogP contribution in [0.15, 0.2) is 45.9 Å². The van der Waals surface area contributed by atoms with Gasteiger partial charge in [-0.3, -0.25) is 9.59 Å². The normalized spacial score (nSPS) is 11.8. The fourth-order valence-corrected chi connectivity index (χ4v) is 2.76. The van der Waals surface area contributed by atoms with Crippen LogP contribution in [0.4, 0.5) is 5.69 Å². The van der Waals surface area contributed by atoms with Gasteiger partial charge >= 0.3 is 0 Å². The van der Waals surface area contributed by atoms with Crippen molar-refractivity contribution in [2.24, 2.45) is 11.0 Å². The van der Waals surface area contributed by atoms with Crippen LogP contribution in [0.25, 0.3) is 21.9 Å². The summed E-state index contributed by atoms with van der Waals surface area (Å²) in [4.78, 5) is 23.9. The summed E-state index contributed by atoms with van der Waals surface area (Å²) in [7, 11) is 1.55. The first kappa shape index (κ1) is 19.4. The number of rotatable bonds is 6. The minimum Gasteiger partial charge on any atom is -0.495 e. The molecule has 3 aromatic rings. The summed E-state index contributed by atoms with van der Waals surface area (Å²) < 4.78 is 11.3. The number of nitrogens with zero attached hydrogens (tertiary/aromatic N) is 1. The first-order valence-electron chi connectivity index (χ1n) is 9.01. The quantitative estimate of drug-likeness (QED) is 0.497. The molecule has 1 heterocycles. The van der Waals surface area contributed by atoms with E-state index >= 15 is 0 Å². The number of benzene rings is 2. The van der Waals surface area contributed by atoms with Crippen molar-refractivity contribution >= 4 is 45.2 Å². The minimum absolute atomic E-state index is 0.0414. The first-order chi connectivity index (χ1) is 13.4. The zero-order valence-electron chi connectivity index (χ0n) is 16.3. The van der Waals surface area contributed by atoms with Crippen molar-refractivity contribution in [3.05, 3.63) is 36.4 Å². The molecule has 1 aromatic heterocycles. The van der Waals surface area contributed by atoms with Gasteiger partial charge in [-0.25, -0.2) is 5.43 Å². The third-order valence-electron chi connectivity index (χ3n) is 4.27. The van der Waals surface area contributed by atoms with Crippen LogP contribution in [-0.2, 0) is 9.59 Å². The molecule has 0 atom stereocenters. The Morgan fingerprint density at radius 2 is 1.89 bits per heavy atom. The molecule has 0 fully saturated rings. The zero-order chi connectivity index (χ0) is 20.3. The van der Waals surface area contributed by atoms with Crippen LogP contribution in [0.1, 0.15) is 27.2 Å². The summed E-state index contributed by atoms with van der Waals surface area (Å²) >= 11 is 0. The molecule has 3 rings (SSSR count). The molecule has 0 saturated heterocycles. The molecule has 28 heavy (non-hydrogen) atoms. The van der Waals surface area contributed by atoms with Crippen molar-refractivity contribution in [3.8, 4) is 5.75 Å². The van der Waals surface area contributed by atoms with E-state index in [9.17, 15) is 9.59 Å². The second-order valence-corrected chi connectivity index (χ2v) is 6.85. The predicted octanol–water partition coefficient (Wildman–Crippen LogP) is 4.07. The smallest absolute Gasteiger partial charge is 0.242 e. The second-order valence-electron chi connectivity index (χ2n) is 6.85. The highest BCUT2D eigenvalue weighted by Gasteiger charge is 2.14. The topological polar surface area (TPSA) is 92.9 Å². The Balaban J connectivity index is 1.79. The number of furan rings is 1. The Morgan fingerprint density at radius 1 is 1.14 bits per heavy atom. The van der Waals surface area contributed by atoms with Gasteiger partial charge in [0.1, 0.15) is 16.9 Å². The van der Waals surface area contributed by atoms with Gasteiger partial charge in [0.05, 0.1) is 19.2 Å². The van der Waals surface area contributed by atoms with Crippen molar-refractivity contribution in [3.63, 3.8) is 0 Å². The Labute approximate surface area is 162 Å². The van der Waals surface area contributed by atoms with Crippen molar-refractivity contribution in [1.29, 1.82) is 0 Å². The Morgan fingerprint density at radius 3 is 2.61 bits per heavy atom. The van der Waals surface area contributed by atoms with Gasteiger partial charge < -0.3 is 14.5 Å². The lowest BCUT2D eigenvalue weighted by Gasteiger charge is -2.10. The van der Waals surface area contributed by atoms with Crippen LogP contribution in [0.2, 0.25) is 0 Å². The number of anilines is 1. The molecule has 2 aromatic carbocycles. The van der Waals surface area contributed by atoms with E-state index in [1.165, 1.54) is 0 Å². The SMILES string of the molecule is COc1cc2c(cc1NC(=O)C/C(C)=N\NC(=O)C(C)C)oc1ccccc12. The van der Waals surface area contributed by atoms with E-state index in [0.717, 1.165) is 16.4 Å². The number of para-hydroxylation sites is 1. The third-order valence-corrected chi connectivity index (χ3v) is 4.27. The molecule has 0 radical (unpaired) electrons. The van der Waals surface area contributed by atoms with E-state index < -0.39 is 0 Å². The zero-order valence-corrected chi connectivity index (χ0v) is 16.3. The molecule has 0 aliphatic heterocycles. The summed E-state index contributed by atoms with van der Waals surface area (Å²) in [5, 5.41) is 8.68. The van der Waals surface area contributed by atoms with E-state index in [0.29, 0.717) is 22.7 Å². The molecule has 7 nitrogen and oxygen atoms in total. The summed E-state index contributed by atoms with van der Waals surface area (Å²) in [6, 6.07) is 11.3.